The molecule has 0 aliphatic carbocycles. The van der Waals surface area contributed by atoms with Gasteiger partial charge in [0.2, 0.25) is 5.79 Å². The highest BCUT2D eigenvalue weighted by molar-refractivity contribution is 4.96. The first-order valence-corrected chi connectivity index (χ1v) is 4.69. The van der Waals surface area contributed by atoms with Crippen LogP contribution in [0.1, 0.15) is 6.92 Å². The molecule has 0 saturated carbocycles. The Bertz CT molecular complexity index is 213. The molecule has 1 saturated heterocycles. The van der Waals surface area contributed by atoms with E-state index in [0.29, 0.717) is 0 Å². The van der Waals surface area contributed by atoms with E-state index in [1.54, 1.807) is 0 Å². The zero-order valence-corrected chi connectivity index (χ0v) is 8.37. The molecule has 2 unspecified atom stereocenters. The highest BCUT2D eigenvalue weighted by Gasteiger charge is 2.52. The molecule has 0 aromatic carbocycles. The molecular formula is C8H17NO6. The van der Waals surface area contributed by atoms with Crippen molar-refractivity contribution in [2.45, 2.75) is 37.3 Å². The molecule has 5 atom stereocenters. The summed E-state index contributed by atoms with van der Waals surface area (Å²) in [6, 6.07) is 0. The van der Waals surface area contributed by atoms with E-state index in [1.165, 1.54) is 6.92 Å². The maximum Gasteiger partial charge on any atom is 0.208 e. The van der Waals surface area contributed by atoms with Crippen LogP contribution in [0.4, 0.5) is 0 Å². The quantitative estimate of drug-likeness (QED) is 0.276. The SMILES string of the molecule is CC(O)NC[C@@]1(O)OC(CO)[C@@H](O)[C@@H]1O. The smallest absolute Gasteiger partial charge is 0.208 e. The first kappa shape index (κ1) is 12.8. The Morgan fingerprint density at radius 2 is 2.07 bits per heavy atom. The fraction of sp³-hybridized carbons (Fsp3) is 1.00. The summed E-state index contributed by atoms with van der Waals surface area (Å²) in [6.45, 7) is 0.680. The van der Waals surface area contributed by atoms with E-state index in [-0.39, 0.29) is 6.54 Å². The zero-order chi connectivity index (χ0) is 11.6. The minimum atomic E-state index is -2.00. The first-order valence-electron chi connectivity index (χ1n) is 4.69. The molecule has 1 rings (SSSR count). The van der Waals surface area contributed by atoms with Gasteiger partial charge in [-0.1, -0.05) is 0 Å². The van der Waals surface area contributed by atoms with E-state index < -0.39 is 36.9 Å². The third kappa shape index (κ3) is 2.64. The fourth-order valence-electron chi connectivity index (χ4n) is 1.46. The van der Waals surface area contributed by atoms with Gasteiger partial charge in [-0.3, -0.25) is 5.32 Å². The van der Waals surface area contributed by atoms with Crippen molar-refractivity contribution in [2.24, 2.45) is 0 Å². The molecule has 15 heavy (non-hydrogen) atoms. The number of aliphatic hydroxyl groups excluding tert-OH is 4. The second-order valence-electron chi connectivity index (χ2n) is 3.68. The van der Waals surface area contributed by atoms with Crippen LogP contribution in [-0.2, 0) is 4.74 Å². The summed E-state index contributed by atoms with van der Waals surface area (Å²) in [6.07, 6.45) is -4.78. The molecule has 1 heterocycles. The minimum Gasteiger partial charge on any atom is -0.394 e. The molecule has 0 bridgehead atoms. The fourth-order valence-corrected chi connectivity index (χ4v) is 1.46. The lowest BCUT2D eigenvalue weighted by atomic mass is 10.1. The second kappa shape index (κ2) is 4.71. The summed E-state index contributed by atoms with van der Waals surface area (Å²) >= 11 is 0. The van der Waals surface area contributed by atoms with Crippen molar-refractivity contribution in [1.29, 1.82) is 0 Å². The highest BCUT2D eigenvalue weighted by Crippen LogP contribution is 2.28. The van der Waals surface area contributed by atoms with Gasteiger partial charge in [0.15, 0.2) is 0 Å². The van der Waals surface area contributed by atoms with Gasteiger partial charge >= 0.3 is 0 Å². The van der Waals surface area contributed by atoms with E-state index in [0.717, 1.165) is 0 Å². The van der Waals surface area contributed by atoms with Crippen LogP contribution < -0.4 is 5.32 Å². The monoisotopic (exact) mass is 223 g/mol. The molecule has 6 N–H and O–H groups in total. The number of rotatable bonds is 4. The molecule has 0 amide bonds. The second-order valence-corrected chi connectivity index (χ2v) is 3.68. The Labute approximate surface area is 86.9 Å². The van der Waals surface area contributed by atoms with Gasteiger partial charge in [-0.15, -0.1) is 0 Å². The Hall–Kier alpha value is -0.280. The summed E-state index contributed by atoms with van der Waals surface area (Å²) in [5.41, 5.74) is 0. The lowest BCUT2D eigenvalue weighted by molar-refractivity contribution is -0.229. The van der Waals surface area contributed by atoms with Crippen molar-refractivity contribution in [2.75, 3.05) is 13.2 Å². The summed E-state index contributed by atoms with van der Waals surface area (Å²) in [5, 5.41) is 48.8. The Balaban J connectivity index is 2.60. The van der Waals surface area contributed by atoms with Crippen molar-refractivity contribution in [1.82, 2.24) is 5.32 Å². The van der Waals surface area contributed by atoms with E-state index in [4.69, 9.17) is 14.9 Å². The molecule has 1 fully saturated rings. The van der Waals surface area contributed by atoms with Gasteiger partial charge in [-0.05, 0) is 6.92 Å². The van der Waals surface area contributed by atoms with Crippen molar-refractivity contribution >= 4 is 0 Å². The molecule has 0 aromatic rings. The Morgan fingerprint density at radius 3 is 2.47 bits per heavy atom. The minimum absolute atomic E-state index is 0.251. The van der Waals surface area contributed by atoms with E-state index >= 15 is 0 Å². The number of ether oxygens (including phenoxy) is 1. The van der Waals surface area contributed by atoms with Gasteiger partial charge < -0.3 is 30.3 Å². The summed E-state index contributed by atoms with van der Waals surface area (Å²) in [5.74, 6) is -2.00. The molecule has 0 spiro atoms. The number of nitrogens with one attached hydrogen (secondary N) is 1. The van der Waals surface area contributed by atoms with Crippen molar-refractivity contribution in [3.05, 3.63) is 0 Å². The largest absolute Gasteiger partial charge is 0.394 e. The van der Waals surface area contributed by atoms with Crippen molar-refractivity contribution < 1.29 is 30.3 Å². The lowest BCUT2D eigenvalue weighted by Gasteiger charge is -2.26. The molecule has 0 radical (unpaired) electrons. The molecule has 7 nitrogen and oxygen atoms in total. The van der Waals surface area contributed by atoms with Gasteiger partial charge in [0.05, 0.1) is 13.2 Å². The molecule has 7 heteroatoms. The maximum atomic E-state index is 9.76. The molecular weight excluding hydrogens is 206 g/mol. The third-order valence-electron chi connectivity index (χ3n) is 2.35. The standard InChI is InChI=1S/C8H17NO6/c1-4(11)9-3-8(14)7(13)6(12)5(2-10)15-8/h4-7,9-14H,2-3H2,1H3/t4?,5?,6-,7+,8-/m1/s1. The average molecular weight is 223 g/mol. The number of hydrogen-bond donors (Lipinski definition) is 6. The normalized spacial score (nSPS) is 43.2. The predicted octanol–water partition coefficient (Wildman–Crippen LogP) is -3.28. The average Bonchev–Trinajstić information content (AvgIpc) is 2.41. The van der Waals surface area contributed by atoms with E-state index in [1.807, 2.05) is 0 Å². The summed E-state index contributed by atoms with van der Waals surface area (Å²) in [7, 11) is 0. The molecule has 0 aromatic heterocycles. The summed E-state index contributed by atoms with van der Waals surface area (Å²) in [4.78, 5) is 0. The van der Waals surface area contributed by atoms with Crippen LogP contribution >= 0.6 is 0 Å². The van der Waals surface area contributed by atoms with Gasteiger partial charge in [-0.2, -0.15) is 0 Å². The van der Waals surface area contributed by atoms with Crippen LogP contribution in [0, 0.1) is 0 Å². The van der Waals surface area contributed by atoms with Crippen LogP contribution in [0.5, 0.6) is 0 Å². The van der Waals surface area contributed by atoms with Crippen LogP contribution in [0.2, 0.25) is 0 Å². The Morgan fingerprint density at radius 1 is 1.47 bits per heavy atom. The van der Waals surface area contributed by atoms with Crippen LogP contribution in [0.3, 0.4) is 0 Å². The van der Waals surface area contributed by atoms with Crippen molar-refractivity contribution in [3.63, 3.8) is 0 Å². The molecule has 1 aliphatic heterocycles. The van der Waals surface area contributed by atoms with E-state index in [2.05, 4.69) is 5.32 Å². The van der Waals surface area contributed by atoms with Crippen LogP contribution in [-0.4, -0.2) is 69.0 Å². The Kier molecular flexibility index (Phi) is 4.01. The molecule has 1 aliphatic rings. The van der Waals surface area contributed by atoms with Crippen LogP contribution in [0.15, 0.2) is 0 Å². The number of aliphatic hydroxyl groups is 5. The van der Waals surface area contributed by atoms with E-state index in [9.17, 15) is 15.3 Å². The van der Waals surface area contributed by atoms with Gasteiger partial charge in [0.1, 0.15) is 24.5 Å². The predicted molar refractivity (Wildman–Crippen MR) is 48.6 cm³/mol. The third-order valence-corrected chi connectivity index (χ3v) is 2.35. The zero-order valence-electron chi connectivity index (χ0n) is 8.37. The first-order chi connectivity index (χ1) is 6.90. The lowest BCUT2D eigenvalue weighted by Crippen LogP contribution is -2.51. The maximum absolute atomic E-state index is 9.76. The van der Waals surface area contributed by atoms with Gasteiger partial charge in [0, 0.05) is 0 Å². The highest BCUT2D eigenvalue weighted by atomic mass is 16.7. The summed E-state index contributed by atoms with van der Waals surface area (Å²) < 4.78 is 4.90. The number of hydrogen-bond acceptors (Lipinski definition) is 7. The van der Waals surface area contributed by atoms with Crippen LogP contribution in [0.25, 0.3) is 0 Å². The van der Waals surface area contributed by atoms with Gasteiger partial charge in [-0.25, -0.2) is 0 Å². The topological polar surface area (TPSA) is 122 Å². The molecule has 90 valence electrons. The van der Waals surface area contributed by atoms with Crippen molar-refractivity contribution in [3.8, 4) is 0 Å². The van der Waals surface area contributed by atoms with Gasteiger partial charge in [0.25, 0.3) is 0 Å².